The molecule has 1 fully saturated rings. The van der Waals surface area contributed by atoms with Crippen molar-refractivity contribution in [3.05, 3.63) is 51.5 Å². The third-order valence-corrected chi connectivity index (χ3v) is 5.70. The molecule has 0 amide bonds. The quantitative estimate of drug-likeness (QED) is 0.943. The van der Waals surface area contributed by atoms with E-state index in [2.05, 4.69) is 37.3 Å². The van der Waals surface area contributed by atoms with Gasteiger partial charge < -0.3 is 10.5 Å². The van der Waals surface area contributed by atoms with Crippen molar-refractivity contribution in [1.29, 1.82) is 0 Å². The van der Waals surface area contributed by atoms with Crippen LogP contribution in [-0.4, -0.2) is 18.2 Å². The molecule has 1 saturated heterocycles. The molecule has 3 rings (SSSR count). The summed E-state index contributed by atoms with van der Waals surface area (Å²) >= 11 is 1.79. The molecular formula is C17H22N2OS. The molecule has 2 N–H and O–H groups in total. The highest BCUT2D eigenvalue weighted by atomic mass is 32.1. The highest BCUT2D eigenvalue weighted by molar-refractivity contribution is 7.12. The first-order chi connectivity index (χ1) is 10.3. The molecule has 0 atom stereocenters. The topological polar surface area (TPSA) is 48.1 Å². The molecule has 0 radical (unpaired) electrons. The first-order valence-corrected chi connectivity index (χ1v) is 8.44. The lowest BCUT2D eigenvalue weighted by molar-refractivity contribution is 0.0630. The van der Waals surface area contributed by atoms with Gasteiger partial charge in [0.15, 0.2) is 0 Å². The Morgan fingerprint density at radius 3 is 2.52 bits per heavy atom. The molecule has 0 aliphatic carbocycles. The lowest BCUT2D eigenvalue weighted by Gasteiger charge is -2.36. The molecule has 112 valence electrons. The Bertz CT molecular complexity index is 567. The van der Waals surface area contributed by atoms with Gasteiger partial charge in [-0.2, -0.15) is 0 Å². The number of nitrogens with two attached hydrogens (primary N) is 1. The summed E-state index contributed by atoms with van der Waals surface area (Å²) in [6.45, 7) is 4.33. The van der Waals surface area contributed by atoms with E-state index in [9.17, 15) is 0 Å². The van der Waals surface area contributed by atoms with Crippen LogP contribution in [0.5, 0.6) is 0 Å². The van der Waals surface area contributed by atoms with Crippen LogP contribution in [-0.2, 0) is 23.1 Å². The second-order valence-electron chi connectivity index (χ2n) is 5.51. The summed E-state index contributed by atoms with van der Waals surface area (Å²) in [7, 11) is 0. The minimum Gasteiger partial charge on any atom is -0.381 e. The minimum atomic E-state index is 0.00150. The third-order valence-electron chi connectivity index (χ3n) is 4.38. The zero-order valence-electron chi connectivity index (χ0n) is 12.5. The van der Waals surface area contributed by atoms with E-state index in [4.69, 9.17) is 15.5 Å². The van der Waals surface area contributed by atoms with Gasteiger partial charge in [-0.25, -0.2) is 4.98 Å². The van der Waals surface area contributed by atoms with Gasteiger partial charge in [-0.05, 0) is 24.8 Å². The molecule has 21 heavy (non-hydrogen) atoms. The number of benzene rings is 1. The van der Waals surface area contributed by atoms with E-state index in [1.54, 1.807) is 11.3 Å². The van der Waals surface area contributed by atoms with Gasteiger partial charge in [0.2, 0.25) is 0 Å². The van der Waals surface area contributed by atoms with E-state index in [0.717, 1.165) is 32.5 Å². The van der Waals surface area contributed by atoms with Crippen LogP contribution in [0.4, 0.5) is 0 Å². The van der Waals surface area contributed by atoms with Crippen molar-refractivity contribution in [2.24, 2.45) is 5.73 Å². The number of nitrogens with zero attached hydrogens (tertiary/aromatic N) is 1. The molecule has 0 saturated carbocycles. The molecule has 1 aliphatic heterocycles. The van der Waals surface area contributed by atoms with Crippen molar-refractivity contribution >= 4 is 11.3 Å². The van der Waals surface area contributed by atoms with Crippen LogP contribution in [0.1, 0.15) is 40.9 Å². The normalized spacial score (nSPS) is 17.8. The van der Waals surface area contributed by atoms with Crippen LogP contribution in [0.15, 0.2) is 30.3 Å². The predicted octanol–water partition coefficient (Wildman–Crippen LogP) is 3.26. The second kappa shape index (κ2) is 6.26. The summed E-state index contributed by atoms with van der Waals surface area (Å²) in [6, 6.07) is 10.7. The smallest absolute Gasteiger partial charge is 0.104 e. The maximum Gasteiger partial charge on any atom is 0.104 e. The average Bonchev–Trinajstić information content (AvgIpc) is 3.00. The molecule has 2 aromatic rings. The number of rotatable bonds is 4. The largest absolute Gasteiger partial charge is 0.381 e. The first kappa shape index (κ1) is 14.7. The lowest BCUT2D eigenvalue weighted by Crippen LogP contribution is -2.35. The van der Waals surface area contributed by atoms with Gasteiger partial charge in [0.25, 0.3) is 0 Å². The summed E-state index contributed by atoms with van der Waals surface area (Å²) in [5, 5.41) is 1.22. The molecule has 1 aromatic heterocycles. The molecule has 0 unspecified atom stereocenters. The molecule has 1 aromatic carbocycles. The molecular weight excluding hydrogens is 280 g/mol. The van der Waals surface area contributed by atoms with Gasteiger partial charge in [0, 0.05) is 24.6 Å². The van der Waals surface area contributed by atoms with Crippen LogP contribution in [0.2, 0.25) is 0 Å². The fourth-order valence-corrected chi connectivity index (χ4v) is 4.42. The maximum absolute atomic E-state index is 5.90. The van der Waals surface area contributed by atoms with Crippen molar-refractivity contribution in [1.82, 2.24) is 4.98 Å². The summed E-state index contributed by atoms with van der Waals surface area (Å²) in [6.07, 6.45) is 2.94. The highest BCUT2D eigenvalue weighted by Crippen LogP contribution is 2.43. The van der Waals surface area contributed by atoms with E-state index in [1.807, 2.05) is 0 Å². The number of hydrogen-bond acceptors (Lipinski definition) is 4. The van der Waals surface area contributed by atoms with Gasteiger partial charge in [-0.3, -0.25) is 0 Å². The Morgan fingerprint density at radius 1 is 1.24 bits per heavy atom. The lowest BCUT2D eigenvalue weighted by atomic mass is 9.74. The van der Waals surface area contributed by atoms with Crippen molar-refractivity contribution in [3.8, 4) is 0 Å². The maximum atomic E-state index is 5.90. The zero-order valence-corrected chi connectivity index (χ0v) is 13.3. The van der Waals surface area contributed by atoms with Crippen molar-refractivity contribution in [2.45, 2.75) is 38.1 Å². The van der Waals surface area contributed by atoms with Gasteiger partial charge in [0.1, 0.15) is 5.01 Å². The van der Waals surface area contributed by atoms with Crippen LogP contribution < -0.4 is 5.73 Å². The number of aromatic nitrogens is 1. The van der Waals surface area contributed by atoms with E-state index in [1.165, 1.54) is 21.1 Å². The molecule has 4 heteroatoms. The Kier molecular flexibility index (Phi) is 4.38. The summed E-state index contributed by atoms with van der Waals surface area (Å²) in [5.41, 5.74) is 8.42. The van der Waals surface area contributed by atoms with Crippen LogP contribution in [0, 0.1) is 0 Å². The van der Waals surface area contributed by atoms with Crippen LogP contribution >= 0.6 is 11.3 Å². The van der Waals surface area contributed by atoms with Gasteiger partial charge in [-0.1, -0.05) is 37.3 Å². The number of hydrogen-bond donors (Lipinski definition) is 1. The zero-order chi connectivity index (χ0) is 14.7. The van der Waals surface area contributed by atoms with E-state index in [0.29, 0.717) is 6.54 Å². The van der Waals surface area contributed by atoms with E-state index in [-0.39, 0.29) is 5.41 Å². The summed E-state index contributed by atoms with van der Waals surface area (Å²) in [5.74, 6) is 0. The fourth-order valence-electron chi connectivity index (χ4n) is 3.13. The molecule has 0 bridgehead atoms. The Hall–Kier alpha value is -1.23. The Balaban J connectivity index is 2.09. The molecule has 0 spiro atoms. The molecule has 3 nitrogen and oxygen atoms in total. The molecule has 1 aliphatic rings. The van der Waals surface area contributed by atoms with Gasteiger partial charge in [0.05, 0.1) is 11.1 Å². The van der Waals surface area contributed by atoms with Gasteiger partial charge in [-0.15, -0.1) is 11.3 Å². The minimum absolute atomic E-state index is 0.00150. The Labute approximate surface area is 130 Å². The Morgan fingerprint density at radius 2 is 1.95 bits per heavy atom. The second-order valence-corrected chi connectivity index (χ2v) is 6.59. The predicted molar refractivity (Wildman–Crippen MR) is 86.7 cm³/mol. The number of ether oxygens (including phenoxy) is 1. The fraction of sp³-hybridized carbons (Fsp3) is 0.471. The van der Waals surface area contributed by atoms with Crippen molar-refractivity contribution in [2.75, 3.05) is 13.2 Å². The van der Waals surface area contributed by atoms with Crippen LogP contribution in [0.3, 0.4) is 0 Å². The summed E-state index contributed by atoms with van der Waals surface area (Å²) < 4.78 is 5.61. The third kappa shape index (κ3) is 2.63. The van der Waals surface area contributed by atoms with Crippen molar-refractivity contribution in [3.63, 3.8) is 0 Å². The SMILES string of the molecule is CCc1nc(C2(c3ccccc3)CCOCC2)sc1CN. The van der Waals surface area contributed by atoms with Crippen molar-refractivity contribution < 1.29 is 4.74 Å². The van der Waals surface area contributed by atoms with E-state index < -0.39 is 0 Å². The number of thiazole rings is 1. The van der Waals surface area contributed by atoms with Gasteiger partial charge >= 0.3 is 0 Å². The first-order valence-electron chi connectivity index (χ1n) is 7.62. The van der Waals surface area contributed by atoms with Crippen LogP contribution in [0.25, 0.3) is 0 Å². The summed E-state index contributed by atoms with van der Waals surface area (Å²) in [4.78, 5) is 6.19. The average molecular weight is 302 g/mol. The van der Waals surface area contributed by atoms with E-state index >= 15 is 0 Å². The highest BCUT2D eigenvalue weighted by Gasteiger charge is 2.39. The molecule has 2 heterocycles. The standard InChI is InChI=1S/C17H22N2OS/c1-2-14-15(12-18)21-16(19-14)17(8-10-20-11-9-17)13-6-4-3-5-7-13/h3-7H,2,8-12,18H2,1H3. The number of aryl methyl sites for hydroxylation is 1. The monoisotopic (exact) mass is 302 g/mol.